The molecule has 0 unspecified atom stereocenters. The predicted octanol–water partition coefficient (Wildman–Crippen LogP) is 4.69. The van der Waals surface area contributed by atoms with Gasteiger partial charge in [0.2, 0.25) is 0 Å². The van der Waals surface area contributed by atoms with Gasteiger partial charge in [-0.15, -0.1) is 0 Å². The minimum absolute atomic E-state index is 0.351. The van der Waals surface area contributed by atoms with Gasteiger partial charge < -0.3 is 14.0 Å². The molecule has 1 saturated heterocycles. The van der Waals surface area contributed by atoms with Gasteiger partial charge in [-0.05, 0) is 62.3 Å². The molecule has 4 heteroatoms. The summed E-state index contributed by atoms with van der Waals surface area (Å²) in [5, 5.41) is 0. The fourth-order valence-electron chi connectivity index (χ4n) is 2.92. The van der Waals surface area contributed by atoms with Crippen molar-refractivity contribution in [2.45, 2.75) is 65.3 Å². The van der Waals surface area contributed by atoms with Crippen LogP contribution in [0.2, 0.25) is 0 Å². The van der Waals surface area contributed by atoms with Crippen molar-refractivity contribution in [3.05, 3.63) is 59.7 Å². The van der Waals surface area contributed by atoms with E-state index in [0.29, 0.717) is 12.5 Å². The highest BCUT2D eigenvalue weighted by Gasteiger charge is 2.51. The second-order valence-electron chi connectivity index (χ2n) is 8.35. The van der Waals surface area contributed by atoms with Gasteiger partial charge in [0.1, 0.15) is 12.4 Å². The van der Waals surface area contributed by atoms with Crippen LogP contribution in [0.15, 0.2) is 48.5 Å². The Kier molecular flexibility index (Phi) is 5.18. The minimum Gasteiger partial charge on any atom is -0.489 e. The molecular weight excluding hydrogens is 323 g/mol. The number of rotatable bonds is 5. The first-order valence-corrected chi connectivity index (χ1v) is 9.35. The van der Waals surface area contributed by atoms with Crippen LogP contribution in [-0.4, -0.2) is 18.3 Å². The van der Waals surface area contributed by atoms with Crippen LogP contribution in [0.5, 0.6) is 5.75 Å². The maximum absolute atomic E-state index is 6.22. The standard InChI is InChI=1S/C22H29BO3/c1-16(2)18-12-19(23-25-21(3,4)22(5,6)26-23)14-20(13-18)24-15-17-10-8-7-9-11-17/h7-14,16H,15H2,1-6H3. The first-order chi connectivity index (χ1) is 12.2. The summed E-state index contributed by atoms with van der Waals surface area (Å²) in [5.74, 6) is 1.25. The zero-order valence-electron chi connectivity index (χ0n) is 16.7. The Morgan fingerprint density at radius 1 is 0.923 bits per heavy atom. The van der Waals surface area contributed by atoms with E-state index in [1.807, 2.05) is 24.3 Å². The summed E-state index contributed by atoms with van der Waals surface area (Å²) >= 11 is 0. The maximum Gasteiger partial charge on any atom is 0.494 e. The summed E-state index contributed by atoms with van der Waals surface area (Å²) in [6.45, 7) is 13.2. The van der Waals surface area contributed by atoms with Gasteiger partial charge >= 0.3 is 7.12 Å². The molecule has 0 aliphatic carbocycles. The van der Waals surface area contributed by atoms with E-state index in [1.54, 1.807) is 0 Å². The number of benzene rings is 2. The molecule has 0 spiro atoms. The molecule has 1 aliphatic heterocycles. The Hall–Kier alpha value is -1.78. The monoisotopic (exact) mass is 352 g/mol. The van der Waals surface area contributed by atoms with E-state index in [2.05, 4.69) is 65.8 Å². The van der Waals surface area contributed by atoms with Crippen molar-refractivity contribution in [3.8, 4) is 5.75 Å². The average Bonchev–Trinajstić information content (AvgIpc) is 2.81. The highest BCUT2D eigenvalue weighted by molar-refractivity contribution is 6.62. The molecule has 26 heavy (non-hydrogen) atoms. The third-order valence-corrected chi connectivity index (χ3v) is 5.39. The van der Waals surface area contributed by atoms with Crippen molar-refractivity contribution in [1.29, 1.82) is 0 Å². The van der Waals surface area contributed by atoms with E-state index in [0.717, 1.165) is 16.8 Å². The van der Waals surface area contributed by atoms with Crippen LogP contribution < -0.4 is 10.2 Å². The van der Waals surface area contributed by atoms with E-state index < -0.39 is 0 Å². The first kappa shape index (κ1) is 19.0. The maximum atomic E-state index is 6.22. The van der Waals surface area contributed by atoms with Gasteiger partial charge in [0.05, 0.1) is 11.2 Å². The fraction of sp³-hybridized carbons (Fsp3) is 0.455. The van der Waals surface area contributed by atoms with Crippen molar-refractivity contribution in [2.75, 3.05) is 0 Å². The van der Waals surface area contributed by atoms with Gasteiger partial charge in [-0.1, -0.05) is 50.2 Å². The molecule has 0 amide bonds. The lowest BCUT2D eigenvalue weighted by atomic mass is 9.77. The average molecular weight is 352 g/mol. The van der Waals surface area contributed by atoms with Crippen LogP contribution in [0.25, 0.3) is 0 Å². The second-order valence-corrected chi connectivity index (χ2v) is 8.35. The quantitative estimate of drug-likeness (QED) is 0.731. The lowest BCUT2D eigenvalue weighted by molar-refractivity contribution is 0.00578. The molecule has 0 bridgehead atoms. The highest BCUT2D eigenvalue weighted by atomic mass is 16.7. The third-order valence-electron chi connectivity index (χ3n) is 5.39. The molecule has 0 aromatic heterocycles. The van der Waals surface area contributed by atoms with Crippen molar-refractivity contribution in [2.24, 2.45) is 0 Å². The number of hydrogen-bond acceptors (Lipinski definition) is 3. The largest absolute Gasteiger partial charge is 0.494 e. The summed E-state index contributed by atoms with van der Waals surface area (Å²) in [4.78, 5) is 0. The molecule has 2 aromatic carbocycles. The van der Waals surface area contributed by atoms with Crippen LogP contribution >= 0.6 is 0 Å². The molecule has 0 N–H and O–H groups in total. The van der Waals surface area contributed by atoms with Gasteiger partial charge in [-0.25, -0.2) is 0 Å². The fourth-order valence-corrected chi connectivity index (χ4v) is 2.92. The van der Waals surface area contributed by atoms with Crippen LogP contribution in [0.1, 0.15) is 58.6 Å². The second kappa shape index (κ2) is 7.09. The van der Waals surface area contributed by atoms with Gasteiger partial charge in [0.15, 0.2) is 0 Å². The summed E-state index contributed by atoms with van der Waals surface area (Å²) in [6.07, 6.45) is 0. The number of hydrogen-bond donors (Lipinski definition) is 0. The zero-order valence-corrected chi connectivity index (χ0v) is 16.7. The summed E-state index contributed by atoms with van der Waals surface area (Å²) in [6, 6.07) is 16.5. The van der Waals surface area contributed by atoms with E-state index >= 15 is 0 Å². The van der Waals surface area contributed by atoms with Crippen LogP contribution in [0, 0.1) is 0 Å². The Bertz CT molecular complexity index is 737. The van der Waals surface area contributed by atoms with E-state index in [4.69, 9.17) is 14.0 Å². The summed E-state index contributed by atoms with van der Waals surface area (Å²) in [5.41, 5.74) is 2.69. The predicted molar refractivity (Wildman–Crippen MR) is 107 cm³/mol. The summed E-state index contributed by atoms with van der Waals surface area (Å²) in [7, 11) is -0.377. The van der Waals surface area contributed by atoms with E-state index in [9.17, 15) is 0 Å². The zero-order chi connectivity index (χ0) is 18.9. The first-order valence-electron chi connectivity index (χ1n) is 9.35. The van der Waals surface area contributed by atoms with Crippen molar-refractivity contribution in [3.63, 3.8) is 0 Å². The Morgan fingerprint density at radius 3 is 2.12 bits per heavy atom. The smallest absolute Gasteiger partial charge is 0.489 e. The molecule has 1 heterocycles. The third kappa shape index (κ3) is 3.97. The van der Waals surface area contributed by atoms with Crippen molar-refractivity contribution >= 4 is 12.6 Å². The lowest BCUT2D eigenvalue weighted by Gasteiger charge is -2.32. The molecule has 138 valence electrons. The van der Waals surface area contributed by atoms with Gasteiger partial charge in [0.25, 0.3) is 0 Å². The SMILES string of the molecule is CC(C)c1cc(OCc2ccccc2)cc(B2OC(C)(C)C(C)(C)O2)c1. The van der Waals surface area contributed by atoms with Gasteiger partial charge in [-0.2, -0.15) is 0 Å². The molecule has 1 aliphatic rings. The Labute approximate surface area is 157 Å². The topological polar surface area (TPSA) is 27.7 Å². The summed E-state index contributed by atoms with van der Waals surface area (Å²) < 4.78 is 18.5. The van der Waals surface area contributed by atoms with Crippen LogP contribution in [0.4, 0.5) is 0 Å². The molecular formula is C22H29BO3. The molecule has 0 atom stereocenters. The lowest BCUT2D eigenvalue weighted by Crippen LogP contribution is -2.41. The number of ether oxygens (including phenoxy) is 1. The highest BCUT2D eigenvalue weighted by Crippen LogP contribution is 2.37. The molecule has 3 nitrogen and oxygen atoms in total. The molecule has 1 fully saturated rings. The van der Waals surface area contributed by atoms with Crippen LogP contribution in [-0.2, 0) is 15.9 Å². The molecule has 2 aromatic rings. The molecule has 0 radical (unpaired) electrons. The van der Waals surface area contributed by atoms with Gasteiger partial charge in [-0.3, -0.25) is 0 Å². The van der Waals surface area contributed by atoms with E-state index in [1.165, 1.54) is 5.56 Å². The normalized spacial score (nSPS) is 18.3. The van der Waals surface area contributed by atoms with E-state index in [-0.39, 0.29) is 18.3 Å². The van der Waals surface area contributed by atoms with Gasteiger partial charge in [0, 0.05) is 0 Å². The van der Waals surface area contributed by atoms with Crippen molar-refractivity contribution < 1.29 is 14.0 Å². The Balaban J connectivity index is 1.85. The minimum atomic E-state index is -0.377. The van der Waals surface area contributed by atoms with Crippen LogP contribution in [0.3, 0.4) is 0 Å². The molecule has 0 saturated carbocycles. The molecule has 3 rings (SSSR count). The Morgan fingerprint density at radius 2 is 1.54 bits per heavy atom. The van der Waals surface area contributed by atoms with Crippen molar-refractivity contribution in [1.82, 2.24) is 0 Å².